The fourth-order valence-electron chi connectivity index (χ4n) is 2.56. The standard InChI is InChI=1S/C21H25NO4/c1-15(2)11-20(23)22-19(21(24)25)13-17-9-6-10-18(12-17)26-14-16-7-4-3-5-8-16/h3-10,12,15,19H,11,13-14H2,1-2H3,(H,22,23)(H,24,25)/t19-/m1/s1. The number of rotatable bonds is 9. The summed E-state index contributed by atoms with van der Waals surface area (Å²) in [4.78, 5) is 23.4. The van der Waals surface area contributed by atoms with Crippen LogP contribution in [-0.2, 0) is 22.6 Å². The molecule has 0 aromatic heterocycles. The van der Waals surface area contributed by atoms with Crippen LogP contribution in [-0.4, -0.2) is 23.0 Å². The number of benzene rings is 2. The van der Waals surface area contributed by atoms with Crippen LogP contribution in [0, 0.1) is 5.92 Å². The molecular formula is C21H25NO4. The Morgan fingerprint density at radius 2 is 1.73 bits per heavy atom. The largest absolute Gasteiger partial charge is 0.489 e. The molecule has 138 valence electrons. The lowest BCUT2D eigenvalue weighted by molar-refractivity contribution is -0.141. The molecule has 0 heterocycles. The summed E-state index contributed by atoms with van der Waals surface area (Å²) in [7, 11) is 0. The molecule has 0 unspecified atom stereocenters. The number of carbonyl (C=O) groups excluding carboxylic acids is 1. The van der Waals surface area contributed by atoms with Gasteiger partial charge in [-0.25, -0.2) is 4.79 Å². The van der Waals surface area contributed by atoms with Gasteiger partial charge >= 0.3 is 5.97 Å². The SMILES string of the molecule is CC(C)CC(=O)N[C@H](Cc1cccc(OCc2ccccc2)c1)C(=O)O. The van der Waals surface area contributed by atoms with E-state index in [9.17, 15) is 14.7 Å². The van der Waals surface area contributed by atoms with Crippen molar-refractivity contribution in [3.05, 3.63) is 65.7 Å². The van der Waals surface area contributed by atoms with E-state index in [1.807, 2.05) is 68.4 Å². The number of hydrogen-bond donors (Lipinski definition) is 2. The number of carboxylic acids is 1. The number of hydrogen-bond acceptors (Lipinski definition) is 3. The molecule has 0 radical (unpaired) electrons. The molecule has 5 heteroatoms. The summed E-state index contributed by atoms with van der Waals surface area (Å²) in [6, 6.07) is 16.2. The number of carbonyl (C=O) groups is 2. The van der Waals surface area contributed by atoms with Crippen molar-refractivity contribution in [3.8, 4) is 5.75 Å². The van der Waals surface area contributed by atoms with Crippen molar-refractivity contribution in [2.75, 3.05) is 0 Å². The van der Waals surface area contributed by atoms with Gasteiger partial charge in [0.05, 0.1) is 0 Å². The molecule has 1 amide bonds. The molecule has 2 aromatic rings. The Balaban J connectivity index is 1.98. The van der Waals surface area contributed by atoms with Gasteiger partial charge in [0.15, 0.2) is 0 Å². The minimum Gasteiger partial charge on any atom is -0.489 e. The summed E-state index contributed by atoms with van der Waals surface area (Å²) < 4.78 is 5.77. The van der Waals surface area contributed by atoms with E-state index in [0.29, 0.717) is 18.8 Å². The summed E-state index contributed by atoms with van der Waals surface area (Å²) in [6.45, 7) is 4.28. The van der Waals surface area contributed by atoms with Gasteiger partial charge in [-0.2, -0.15) is 0 Å². The van der Waals surface area contributed by atoms with Gasteiger partial charge < -0.3 is 15.2 Å². The highest BCUT2D eigenvalue weighted by atomic mass is 16.5. The highest BCUT2D eigenvalue weighted by Crippen LogP contribution is 2.17. The van der Waals surface area contributed by atoms with Crippen LogP contribution < -0.4 is 10.1 Å². The van der Waals surface area contributed by atoms with Crippen molar-refractivity contribution in [1.82, 2.24) is 5.32 Å². The topological polar surface area (TPSA) is 75.6 Å². The molecule has 0 aliphatic rings. The van der Waals surface area contributed by atoms with Crippen molar-refractivity contribution in [1.29, 1.82) is 0 Å². The Morgan fingerprint density at radius 3 is 2.38 bits per heavy atom. The van der Waals surface area contributed by atoms with Gasteiger partial charge in [-0.15, -0.1) is 0 Å². The van der Waals surface area contributed by atoms with Crippen LogP contribution >= 0.6 is 0 Å². The van der Waals surface area contributed by atoms with Crippen molar-refractivity contribution in [2.24, 2.45) is 5.92 Å². The van der Waals surface area contributed by atoms with Gasteiger partial charge in [-0.1, -0.05) is 56.3 Å². The second-order valence-electron chi connectivity index (χ2n) is 6.68. The predicted octanol–water partition coefficient (Wildman–Crippen LogP) is 3.42. The van der Waals surface area contributed by atoms with Gasteiger partial charge in [0.2, 0.25) is 5.91 Å². The molecule has 0 spiro atoms. The van der Waals surface area contributed by atoms with Crippen molar-refractivity contribution < 1.29 is 19.4 Å². The smallest absolute Gasteiger partial charge is 0.326 e. The van der Waals surface area contributed by atoms with Crippen molar-refractivity contribution >= 4 is 11.9 Å². The fraction of sp³-hybridized carbons (Fsp3) is 0.333. The maximum absolute atomic E-state index is 11.9. The van der Waals surface area contributed by atoms with Crippen molar-refractivity contribution in [2.45, 2.75) is 39.3 Å². The third-order valence-corrected chi connectivity index (χ3v) is 3.81. The number of aliphatic carboxylic acids is 1. The Kier molecular flexibility index (Phi) is 7.21. The minimum atomic E-state index is -1.04. The first-order chi connectivity index (χ1) is 12.4. The average molecular weight is 355 g/mol. The van der Waals surface area contributed by atoms with E-state index < -0.39 is 12.0 Å². The molecule has 2 aromatic carbocycles. The first-order valence-electron chi connectivity index (χ1n) is 8.72. The summed E-state index contributed by atoms with van der Waals surface area (Å²) >= 11 is 0. The van der Waals surface area contributed by atoms with Gasteiger partial charge in [-0.3, -0.25) is 4.79 Å². The van der Waals surface area contributed by atoms with E-state index in [0.717, 1.165) is 11.1 Å². The lowest BCUT2D eigenvalue weighted by atomic mass is 10.0. The highest BCUT2D eigenvalue weighted by molar-refractivity contribution is 5.83. The van der Waals surface area contributed by atoms with Gasteiger partial charge in [0, 0.05) is 12.8 Å². The highest BCUT2D eigenvalue weighted by Gasteiger charge is 2.21. The zero-order valence-electron chi connectivity index (χ0n) is 15.1. The Bertz CT molecular complexity index is 728. The third kappa shape index (κ3) is 6.59. The Hall–Kier alpha value is -2.82. The van der Waals surface area contributed by atoms with Crippen LogP contribution in [0.25, 0.3) is 0 Å². The first-order valence-corrected chi connectivity index (χ1v) is 8.72. The molecular weight excluding hydrogens is 330 g/mol. The van der Waals surface area contributed by atoms with E-state index in [2.05, 4.69) is 5.32 Å². The van der Waals surface area contributed by atoms with Crippen LogP contribution in [0.3, 0.4) is 0 Å². The fourth-order valence-corrected chi connectivity index (χ4v) is 2.56. The van der Waals surface area contributed by atoms with Crippen LogP contribution in [0.2, 0.25) is 0 Å². The maximum atomic E-state index is 11.9. The van der Waals surface area contributed by atoms with Crippen LogP contribution in [0.1, 0.15) is 31.4 Å². The molecule has 0 aliphatic heterocycles. The molecule has 1 atom stereocenters. The summed E-state index contributed by atoms with van der Waals surface area (Å²) in [5.41, 5.74) is 1.86. The second-order valence-corrected chi connectivity index (χ2v) is 6.68. The molecule has 5 nitrogen and oxygen atoms in total. The Morgan fingerprint density at radius 1 is 1.04 bits per heavy atom. The molecule has 0 fully saturated rings. The van der Waals surface area contributed by atoms with Crippen LogP contribution in [0.4, 0.5) is 0 Å². The van der Waals surface area contributed by atoms with E-state index in [1.165, 1.54) is 0 Å². The summed E-state index contributed by atoms with van der Waals surface area (Å²) in [6.07, 6.45) is 0.520. The molecule has 2 rings (SSSR count). The van der Waals surface area contributed by atoms with Crippen LogP contribution in [0.15, 0.2) is 54.6 Å². The predicted molar refractivity (Wildman–Crippen MR) is 99.9 cm³/mol. The van der Waals surface area contributed by atoms with E-state index in [-0.39, 0.29) is 18.2 Å². The average Bonchev–Trinajstić information content (AvgIpc) is 2.60. The first kappa shape index (κ1) is 19.5. The van der Waals surface area contributed by atoms with E-state index >= 15 is 0 Å². The second kappa shape index (κ2) is 9.61. The number of amides is 1. The van der Waals surface area contributed by atoms with Crippen LogP contribution in [0.5, 0.6) is 5.75 Å². The molecule has 2 N–H and O–H groups in total. The van der Waals surface area contributed by atoms with Gasteiger partial charge in [-0.05, 0) is 29.2 Å². The maximum Gasteiger partial charge on any atom is 0.326 e. The van der Waals surface area contributed by atoms with E-state index in [4.69, 9.17) is 4.74 Å². The zero-order valence-corrected chi connectivity index (χ0v) is 15.1. The van der Waals surface area contributed by atoms with E-state index in [1.54, 1.807) is 0 Å². The van der Waals surface area contributed by atoms with Gasteiger partial charge in [0.1, 0.15) is 18.4 Å². The quantitative estimate of drug-likeness (QED) is 0.723. The lowest BCUT2D eigenvalue weighted by Gasteiger charge is -2.16. The molecule has 0 aliphatic carbocycles. The lowest BCUT2D eigenvalue weighted by Crippen LogP contribution is -2.42. The summed E-state index contributed by atoms with van der Waals surface area (Å²) in [5, 5.41) is 12.0. The van der Waals surface area contributed by atoms with Crippen molar-refractivity contribution in [3.63, 3.8) is 0 Å². The summed E-state index contributed by atoms with van der Waals surface area (Å²) in [5.74, 6) is -0.440. The normalized spacial score (nSPS) is 11.8. The number of nitrogens with one attached hydrogen (secondary N) is 1. The monoisotopic (exact) mass is 355 g/mol. The molecule has 0 saturated carbocycles. The molecule has 26 heavy (non-hydrogen) atoms. The number of ether oxygens (including phenoxy) is 1. The number of carboxylic acid groups (broad SMARTS) is 1. The van der Waals surface area contributed by atoms with Gasteiger partial charge in [0.25, 0.3) is 0 Å². The Labute approximate surface area is 154 Å². The minimum absolute atomic E-state index is 0.180. The zero-order chi connectivity index (χ0) is 18.9. The molecule has 0 saturated heterocycles. The molecule has 0 bridgehead atoms. The third-order valence-electron chi connectivity index (χ3n) is 3.81.